The summed E-state index contributed by atoms with van der Waals surface area (Å²) in [6, 6.07) is 22.7. The Kier molecular flexibility index (Phi) is 7.11. The Balaban J connectivity index is 2.07. The van der Waals surface area contributed by atoms with Gasteiger partial charge < -0.3 is 4.74 Å². The van der Waals surface area contributed by atoms with E-state index in [0.29, 0.717) is 27.5 Å². The summed E-state index contributed by atoms with van der Waals surface area (Å²) in [5, 5.41) is 7.10. The first-order chi connectivity index (χ1) is 16.6. The van der Waals surface area contributed by atoms with Gasteiger partial charge in [0.1, 0.15) is 5.75 Å². The van der Waals surface area contributed by atoms with Crippen molar-refractivity contribution in [2.24, 2.45) is 5.14 Å². The SMILES string of the molecule is COc1ccc(Cl)cc1[C@@H](CC(C)(C)S(N)=O)c1cc2ccccc2n1S(=O)(=O)c1ccccc1. The van der Waals surface area contributed by atoms with Gasteiger partial charge in [-0.2, -0.15) is 0 Å². The van der Waals surface area contributed by atoms with Crippen molar-refractivity contribution in [3.8, 4) is 5.75 Å². The van der Waals surface area contributed by atoms with E-state index in [4.69, 9.17) is 21.5 Å². The van der Waals surface area contributed by atoms with Gasteiger partial charge in [-0.05, 0) is 62.7 Å². The molecule has 0 spiro atoms. The minimum absolute atomic E-state index is 0.168. The number of methoxy groups -OCH3 is 1. The molecule has 3 aromatic carbocycles. The first kappa shape index (κ1) is 25.4. The predicted octanol–water partition coefficient (Wildman–Crippen LogP) is 5.46. The second-order valence-electron chi connectivity index (χ2n) is 8.91. The second-order valence-corrected chi connectivity index (χ2v) is 12.8. The molecule has 6 nitrogen and oxygen atoms in total. The summed E-state index contributed by atoms with van der Waals surface area (Å²) in [5.41, 5.74) is 1.74. The van der Waals surface area contributed by atoms with Gasteiger partial charge in [0.25, 0.3) is 10.0 Å². The zero-order chi connectivity index (χ0) is 25.4. The number of benzene rings is 3. The van der Waals surface area contributed by atoms with E-state index < -0.39 is 31.7 Å². The van der Waals surface area contributed by atoms with Gasteiger partial charge in [0.15, 0.2) is 0 Å². The predicted molar refractivity (Wildman–Crippen MR) is 142 cm³/mol. The Morgan fingerprint density at radius 2 is 1.69 bits per heavy atom. The number of hydrogen-bond donors (Lipinski definition) is 1. The maximum absolute atomic E-state index is 14.0. The van der Waals surface area contributed by atoms with Crippen molar-refractivity contribution < 1.29 is 17.4 Å². The molecule has 0 aliphatic heterocycles. The van der Waals surface area contributed by atoms with Gasteiger partial charge in [-0.15, -0.1) is 0 Å². The van der Waals surface area contributed by atoms with Crippen molar-refractivity contribution in [1.82, 2.24) is 3.97 Å². The molecule has 2 N–H and O–H groups in total. The highest BCUT2D eigenvalue weighted by Crippen LogP contribution is 2.42. The topological polar surface area (TPSA) is 91.4 Å². The molecule has 9 heteroatoms. The number of nitrogens with zero attached hydrogens (tertiary/aromatic N) is 1. The molecule has 0 saturated heterocycles. The molecule has 0 fully saturated rings. The standard InChI is InChI=1S/C26H27ClN2O4S2/c1-26(2,34(28)30)17-22(21-16-19(27)13-14-25(21)33-3)24-15-18-9-7-8-12-23(18)29(24)35(31,32)20-10-5-4-6-11-20/h4-16,22H,17,28H2,1-3H3/t22-,34?/m1/s1. The Morgan fingerprint density at radius 3 is 2.34 bits per heavy atom. The van der Waals surface area contributed by atoms with E-state index in [2.05, 4.69) is 0 Å². The Hall–Kier alpha value is -2.65. The Labute approximate surface area is 213 Å². The fourth-order valence-electron chi connectivity index (χ4n) is 4.28. The summed E-state index contributed by atoms with van der Waals surface area (Å²) in [5.74, 6) is 0.00366. The third-order valence-electron chi connectivity index (χ3n) is 6.14. The molecule has 2 atom stereocenters. The zero-order valence-electron chi connectivity index (χ0n) is 19.6. The smallest absolute Gasteiger partial charge is 0.268 e. The maximum Gasteiger partial charge on any atom is 0.268 e. The number of fused-ring (bicyclic) bond motifs is 1. The molecule has 0 amide bonds. The highest BCUT2D eigenvalue weighted by Gasteiger charge is 2.35. The summed E-state index contributed by atoms with van der Waals surface area (Å²) in [6.45, 7) is 3.59. The number of aromatic nitrogens is 1. The normalized spacial score (nSPS) is 14.1. The first-order valence-electron chi connectivity index (χ1n) is 11.0. The zero-order valence-corrected chi connectivity index (χ0v) is 22.0. The van der Waals surface area contributed by atoms with Crippen LogP contribution in [-0.2, 0) is 21.0 Å². The first-order valence-corrected chi connectivity index (χ1v) is 14.0. The number of para-hydroxylation sites is 1. The number of nitrogens with two attached hydrogens (primary N) is 1. The van der Waals surface area contributed by atoms with Gasteiger partial charge in [0.2, 0.25) is 0 Å². The fraction of sp³-hybridized carbons (Fsp3) is 0.231. The van der Waals surface area contributed by atoms with E-state index in [1.165, 1.54) is 3.97 Å². The lowest BCUT2D eigenvalue weighted by Crippen LogP contribution is -2.34. The number of halogens is 1. The van der Waals surface area contributed by atoms with Crippen LogP contribution in [0.5, 0.6) is 5.75 Å². The molecule has 4 aromatic rings. The van der Waals surface area contributed by atoms with Crippen molar-refractivity contribution in [2.75, 3.05) is 7.11 Å². The molecule has 1 heterocycles. The monoisotopic (exact) mass is 530 g/mol. The third kappa shape index (κ3) is 4.89. The van der Waals surface area contributed by atoms with Gasteiger partial charge in [-0.3, -0.25) is 5.14 Å². The lowest BCUT2D eigenvalue weighted by Gasteiger charge is -2.29. The quantitative estimate of drug-likeness (QED) is 0.327. The Morgan fingerprint density at radius 1 is 1.03 bits per heavy atom. The van der Waals surface area contributed by atoms with Crippen LogP contribution < -0.4 is 9.88 Å². The van der Waals surface area contributed by atoms with Crippen LogP contribution in [0.3, 0.4) is 0 Å². The highest BCUT2D eigenvalue weighted by atomic mass is 35.5. The molecule has 0 aliphatic carbocycles. The van der Waals surface area contributed by atoms with E-state index in [1.54, 1.807) is 81.6 Å². The van der Waals surface area contributed by atoms with Crippen LogP contribution in [0.2, 0.25) is 5.02 Å². The van der Waals surface area contributed by atoms with Gasteiger partial charge >= 0.3 is 0 Å². The van der Waals surface area contributed by atoms with Gasteiger partial charge in [0.05, 0.1) is 33.3 Å². The van der Waals surface area contributed by atoms with Gasteiger partial charge in [-0.1, -0.05) is 48.0 Å². The maximum atomic E-state index is 14.0. The molecular weight excluding hydrogens is 504 g/mol. The van der Waals surface area contributed by atoms with Crippen LogP contribution in [0, 0.1) is 0 Å². The van der Waals surface area contributed by atoms with Crippen LogP contribution in [0.1, 0.15) is 37.4 Å². The van der Waals surface area contributed by atoms with Crippen molar-refractivity contribution in [3.05, 3.63) is 95.1 Å². The van der Waals surface area contributed by atoms with Crippen molar-refractivity contribution in [3.63, 3.8) is 0 Å². The van der Waals surface area contributed by atoms with Crippen LogP contribution >= 0.6 is 11.6 Å². The second kappa shape index (κ2) is 9.78. The van der Waals surface area contributed by atoms with Crippen LogP contribution in [0.4, 0.5) is 0 Å². The molecule has 0 aliphatic rings. The summed E-state index contributed by atoms with van der Waals surface area (Å²) in [6.07, 6.45) is 0.285. The van der Waals surface area contributed by atoms with Crippen molar-refractivity contribution in [2.45, 2.75) is 35.8 Å². The lowest BCUT2D eigenvalue weighted by molar-refractivity contribution is 0.404. The number of hydrogen-bond acceptors (Lipinski definition) is 4. The third-order valence-corrected chi connectivity index (χ3v) is 9.39. The molecule has 0 saturated carbocycles. The van der Waals surface area contributed by atoms with Crippen LogP contribution in [0.15, 0.2) is 83.8 Å². The van der Waals surface area contributed by atoms with Gasteiger partial charge in [0, 0.05) is 27.6 Å². The number of ether oxygens (including phenoxy) is 1. The van der Waals surface area contributed by atoms with E-state index in [-0.39, 0.29) is 11.3 Å². The van der Waals surface area contributed by atoms with Crippen molar-refractivity contribution >= 4 is 43.5 Å². The molecule has 4 rings (SSSR count). The molecule has 1 unspecified atom stereocenters. The largest absolute Gasteiger partial charge is 0.496 e. The van der Waals surface area contributed by atoms with Crippen LogP contribution in [-0.4, -0.2) is 28.5 Å². The van der Waals surface area contributed by atoms with E-state index in [9.17, 15) is 12.6 Å². The fourth-order valence-corrected chi connectivity index (χ4v) is 6.39. The van der Waals surface area contributed by atoms with Crippen LogP contribution in [0.25, 0.3) is 10.9 Å². The summed E-state index contributed by atoms with van der Waals surface area (Å²) >= 11 is 6.38. The van der Waals surface area contributed by atoms with Gasteiger partial charge in [-0.25, -0.2) is 16.6 Å². The molecule has 1 aromatic heterocycles. The molecule has 184 valence electrons. The molecule has 0 radical (unpaired) electrons. The Bertz CT molecular complexity index is 1500. The summed E-state index contributed by atoms with van der Waals surface area (Å²) in [7, 11) is -4.10. The molecule has 35 heavy (non-hydrogen) atoms. The van der Waals surface area contributed by atoms with E-state index >= 15 is 0 Å². The molecule has 0 bridgehead atoms. The van der Waals surface area contributed by atoms with E-state index in [0.717, 1.165) is 5.39 Å². The average Bonchev–Trinajstić information content (AvgIpc) is 3.23. The minimum atomic E-state index is -3.98. The van der Waals surface area contributed by atoms with Crippen molar-refractivity contribution in [1.29, 1.82) is 0 Å². The minimum Gasteiger partial charge on any atom is -0.496 e. The lowest BCUT2D eigenvalue weighted by atomic mass is 9.86. The molecular formula is C26H27ClN2O4S2. The average molecular weight is 531 g/mol. The summed E-state index contributed by atoms with van der Waals surface area (Å²) in [4.78, 5) is 0.168. The van der Waals surface area contributed by atoms with E-state index in [1.807, 2.05) is 18.2 Å². The summed E-state index contributed by atoms with van der Waals surface area (Å²) < 4.78 is 46.7. The highest BCUT2D eigenvalue weighted by molar-refractivity contribution is 7.90. The number of rotatable bonds is 8.